The molecule has 0 saturated carbocycles. The van der Waals surface area contributed by atoms with Crippen LogP contribution in [0.4, 0.5) is 0 Å². The molecule has 0 spiro atoms. The Morgan fingerprint density at radius 3 is 2.56 bits per heavy atom. The highest BCUT2D eigenvalue weighted by atomic mass is 15.3. The zero-order valence-corrected chi connectivity index (χ0v) is 10.2. The topological polar surface area (TPSA) is 42.3 Å². The van der Waals surface area contributed by atoms with Crippen molar-refractivity contribution in [1.29, 1.82) is 5.26 Å². The average molecular weight is 222 g/mol. The van der Waals surface area contributed by atoms with Crippen molar-refractivity contribution < 1.29 is 0 Å². The minimum atomic E-state index is -0.188. The van der Waals surface area contributed by atoms with Crippen molar-refractivity contribution >= 4 is 0 Å². The molecule has 16 heavy (non-hydrogen) atoms. The van der Waals surface area contributed by atoms with E-state index < -0.39 is 0 Å². The summed E-state index contributed by atoms with van der Waals surface area (Å²) < 4.78 is 0. The Morgan fingerprint density at radius 1 is 1.12 bits per heavy atom. The molecule has 90 valence electrons. The van der Waals surface area contributed by atoms with Crippen LogP contribution >= 0.6 is 0 Å². The lowest BCUT2D eigenvalue weighted by molar-refractivity contribution is 0.105. The molecule has 0 aromatic carbocycles. The Hall–Kier alpha value is -0.630. The van der Waals surface area contributed by atoms with Crippen molar-refractivity contribution in [2.75, 3.05) is 46.3 Å². The maximum absolute atomic E-state index is 9.57. The normalized spacial score (nSPS) is 34.2. The fraction of sp³-hybridized carbons (Fsp3) is 0.917. The van der Waals surface area contributed by atoms with Crippen LogP contribution in [0.25, 0.3) is 0 Å². The number of nitriles is 1. The van der Waals surface area contributed by atoms with Crippen LogP contribution < -0.4 is 5.32 Å². The van der Waals surface area contributed by atoms with Gasteiger partial charge in [0.2, 0.25) is 0 Å². The quantitative estimate of drug-likeness (QED) is 0.691. The molecule has 2 rings (SSSR count). The van der Waals surface area contributed by atoms with Gasteiger partial charge in [0, 0.05) is 32.7 Å². The number of nitrogens with one attached hydrogen (secondary N) is 1. The van der Waals surface area contributed by atoms with E-state index in [1.807, 2.05) is 0 Å². The van der Waals surface area contributed by atoms with Crippen molar-refractivity contribution in [1.82, 2.24) is 15.1 Å². The molecule has 2 aliphatic rings. The molecule has 0 aromatic heterocycles. The van der Waals surface area contributed by atoms with E-state index in [0.717, 1.165) is 58.5 Å². The summed E-state index contributed by atoms with van der Waals surface area (Å²) in [4.78, 5) is 4.75. The second-order valence-electron chi connectivity index (χ2n) is 5.04. The van der Waals surface area contributed by atoms with Crippen molar-refractivity contribution in [2.24, 2.45) is 0 Å². The second-order valence-corrected chi connectivity index (χ2v) is 5.04. The summed E-state index contributed by atoms with van der Waals surface area (Å²) in [5.41, 5.74) is -0.188. The van der Waals surface area contributed by atoms with Gasteiger partial charge >= 0.3 is 0 Å². The predicted octanol–water partition coefficient (Wildman–Crippen LogP) is 0.270. The number of nitrogens with zero attached hydrogens (tertiary/aromatic N) is 3. The summed E-state index contributed by atoms with van der Waals surface area (Å²) in [5, 5.41) is 12.9. The van der Waals surface area contributed by atoms with E-state index in [1.165, 1.54) is 0 Å². The Labute approximate surface area is 98.2 Å². The molecular weight excluding hydrogens is 200 g/mol. The van der Waals surface area contributed by atoms with Crippen LogP contribution in [0, 0.1) is 11.3 Å². The van der Waals surface area contributed by atoms with Crippen LogP contribution in [0.2, 0.25) is 0 Å². The zero-order chi connectivity index (χ0) is 11.4. The smallest absolute Gasteiger partial charge is 0.110 e. The summed E-state index contributed by atoms with van der Waals surface area (Å²) in [6.45, 7) is 6.29. The van der Waals surface area contributed by atoms with Crippen molar-refractivity contribution in [3.05, 3.63) is 0 Å². The highest BCUT2D eigenvalue weighted by molar-refractivity contribution is 5.10. The minimum Gasteiger partial charge on any atom is -0.314 e. The van der Waals surface area contributed by atoms with Gasteiger partial charge < -0.3 is 10.2 Å². The lowest BCUT2D eigenvalue weighted by atomic mass is 9.89. The van der Waals surface area contributed by atoms with E-state index >= 15 is 0 Å². The Bertz CT molecular complexity index is 267. The third kappa shape index (κ3) is 2.37. The van der Waals surface area contributed by atoms with Gasteiger partial charge in [-0.05, 0) is 32.9 Å². The van der Waals surface area contributed by atoms with Crippen LogP contribution in [0.15, 0.2) is 0 Å². The second kappa shape index (κ2) is 5.13. The number of piperazine rings is 1. The Kier molecular flexibility index (Phi) is 3.80. The van der Waals surface area contributed by atoms with E-state index in [4.69, 9.17) is 0 Å². The van der Waals surface area contributed by atoms with Crippen LogP contribution in [-0.2, 0) is 0 Å². The largest absolute Gasteiger partial charge is 0.314 e. The van der Waals surface area contributed by atoms with E-state index in [-0.39, 0.29) is 5.54 Å². The van der Waals surface area contributed by atoms with Crippen LogP contribution in [0.1, 0.15) is 19.3 Å². The van der Waals surface area contributed by atoms with Gasteiger partial charge in [-0.15, -0.1) is 0 Å². The fourth-order valence-corrected chi connectivity index (χ4v) is 2.85. The van der Waals surface area contributed by atoms with Crippen LogP contribution in [-0.4, -0.2) is 61.7 Å². The monoisotopic (exact) mass is 222 g/mol. The average Bonchev–Trinajstić information content (AvgIpc) is 2.53. The number of likely N-dealkylation sites (tertiary alicyclic amines) is 1. The zero-order valence-electron chi connectivity index (χ0n) is 10.2. The van der Waals surface area contributed by atoms with Gasteiger partial charge in [-0.25, -0.2) is 0 Å². The molecule has 0 bridgehead atoms. The summed E-state index contributed by atoms with van der Waals surface area (Å²) in [6, 6.07) is 2.62. The first-order valence-corrected chi connectivity index (χ1v) is 6.32. The molecule has 1 N–H and O–H groups in total. The molecule has 2 fully saturated rings. The van der Waals surface area contributed by atoms with Gasteiger partial charge in [0.25, 0.3) is 0 Å². The number of hydrogen-bond acceptors (Lipinski definition) is 4. The highest BCUT2D eigenvalue weighted by Crippen LogP contribution is 2.28. The summed E-state index contributed by atoms with van der Waals surface area (Å²) in [5.74, 6) is 0. The van der Waals surface area contributed by atoms with Gasteiger partial charge in [0.1, 0.15) is 5.54 Å². The first-order valence-electron chi connectivity index (χ1n) is 6.32. The molecular formula is C12H22N4. The van der Waals surface area contributed by atoms with Crippen molar-refractivity contribution in [3.63, 3.8) is 0 Å². The maximum Gasteiger partial charge on any atom is 0.110 e. The SMILES string of the molecule is CN1CCCC(C#N)(N2CCNCC2)CC1. The molecule has 0 aromatic rings. The fourth-order valence-electron chi connectivity index (χ4n) is 2.85. The number of rotatable bonds is 1. The molecule has 2 saturated heterocycles. The third-order valence-electron chi connectivity index (χ3n) is 3.97. The van der Waals surface area contributed by atoms with Gasteiger partial charge in [0.15, 0.2) is 0 Å². The van der Waals surface area contributed by atoms with Crippen molar-refractivity contribution in [3.8, 4) is 6.07 Å². The standard InChI is InChI=1S/C12H22N4/c1-15-7-2-3-12(11-13,4-8-15)16-9-5-14-6-10-16/h14H,2-10H2,1H3. The Balaban J connectivity index is 2.08. The molecule has 1 atom stereocenters. The van der Waals surface area contributed by atoms with Crippen molar-refractivity contribution in [2.45, 2.75) is 24.8 Å². The molecule has 0 aliphatic carbocycles. The van der Waals surface area contributed by atoms with E-state index in [9.17, 15) is 5.26 Å². The first kappa shape index (κ1) is 11.8. The van der Waals surface area contributed by atoms with Crippen LogP contribution in [0.5, 0.6) is 0 Å². The molecule has 0 radical (unpaired) electrons. The molecule has 1 unspecified atom stereocenters. The highest BCUT2D eigenvalue weighted by Gasteiger charge is 2.38. The summed E-state index contributed by atoms with van der Waals surface area (Å²) in [7, 11) is 2.16. The minimum absolute atomic E-state index is 0.188. The Morgan fingerprint density at radius 2 is 1.88 bits per heavy atom. The lowest BCUT2D eigenvalue weighted by Gasteiger charge is -2.40. The summed E-state index contributed by atoms with van der Waals surface area (Å²) in [6.07, 6.45) is 3.18. The maximum atomic E-state index is 9.57. The van der Waals surface area contributed by atoms with Gasteiger partial charge in [-0.3, -0.25) is 4.90 Å². The van der Waals surface area contributed by atoms with E-state index in [1.54, 1.807) is 0 Å². The van der Waals surface area contributed by atoms with E-state index in [0.29, 0.717) is 0 Å². The van der Waals surface area contributed by atoms with Gasteiger partial charge in [0.05, 0.1) is 6.07 Å². The molecule has 4 heteroatoms. The van der Waals surface area contributed by atoms with E-state index in [2.05, 4.69) is 28.2 Å². The third-order valence-corrected chi connectivity index (χ3v) is 3.97. The van der Waals surface area contributed by atoms with Crippen LogP contribution in [0.3, 0.4) is 0 Å². The van der Waals surface area contributed by atoms with Gasteiger partial charge in [-0.1, -0.05) is 0 Å². The first-order chi connectivity index (χ1) is 7.77. The molecule has 2 heterocycles. The number of hydrogen-bond donors (Lipinski definition) is 1. The van der Waals surface area contributed by atoms with Gasteiger partial charge in [-0.2, -0.15) is 5.26 Å². The lowest BCUT2D eigenvalue weighted by Crippen LogP contribution is -2.55. The molecule has 0 amide bonds. The predicted molar refractivity (Wildman–Crippen MR) is 64.1 cm³/mol. The molecule has 2 aliphatic heterocycles. The molecule has 4 nitrogen and oxygen atoms in total. The summed E-state index contributed by atoms with van der Waals surface area (Å²) >= 11 is 0.